The molecule has 0 spiro atoms. The number of hydrogen-bond donors (Lipinski definition) is 1. The maximum Gasteiger partial charge on any atom is 0.416 e. The van der Waals surface area contributed by atoms with Gasteiger partial charge in [0.15, 0.2) is 0 Å². The predicted molar refractivity (Wildman–Crippen MR) is 60.1 cm³/mol. The van der Waals surface area contributed by atoms with E-state index in [2.05, 4.69) is 4.98 Å². The molecule has 0 fully saturated rings. The highest BCUT2D eigenvalue weighted by Crippen LogP contribution is 2.32. The van der Waals surface area contributed by atoms with E-state index in [0.29, 0.717) is 16.1 Å². The Morgan fingerprint density at radius 2 is 2.00 bits per heavy atom. The Kier molecular flexibility index (Phi) is 2.82. The Morgan fingerprint density at radius 3 is 2.53 bits per heavy atom. The molecule has 6 heteroatoms. The van der Waals surface area contributed by atoms with E-state index >= 15 is 0 Å². The van der Waals surface area contributed by atoms with E-state index in [1.54, 1.807) is 13.0 Å². The van der Waals surface area contributed by atoms with Gasteiger partial charge in [-0.25, -0.2) is 0 Å². The molecule has 0 atom stereocenters. The number of benzene rings is 1. The summed E-state index contributed by atoms with van der Waals surface area (Å²) < 4.78 is 37.6. The van der Waals surface area contributed by atoms with Crippen molar-refractivity contribution in [1.29, 1.82) is 0 Å². The smallest absolute Gasteiger partial charge is 0.312 e. The topological polar surface area (TPSA) is 32.9 Å². The molecule has 1 N–H and O–H groups in total. The first-order valence-electron chi connectivity index (χ1n) is 4.75. The molecule has 0 aliphatic heterocycles. The molecule has 1 heterocycles. The van der Waals surface area contributed by atoms with Crippen LogP contribution in [0.1, 0.15) is 10.4 Å². The molecule has 2 aromatic rings. The summed E-state index contributed by atoms with van der Waals surface area (Å²) in [5.41, 5.74) is 0.100. The number of aromatic amines is 1. The third-order valence-corrected chi connectivity index (χ3v) is 3.10. The number of thiazole rings is 1. The van der Waals surface area contributed by atoms with Crippen molar-refractivity contribution in [3.8, 4) is 11.3 Å². The molecule has 2 rings (SSSR count). The molecule has 0 unspecified atom stereocenters. The second-order valence-electron chi connectivity index (χ2n) is 3.52. The van der Waals surface area contributed by atoms with Gasteiger partial charge < -0.3 is 4.98 Å². The van der Waals surface area contributed by atoms with Gasteiger partial charge in [-0.2, -0.15) is 13.2 Å². The number of nitrogens with one attached hydrogen (secondary N) is 1. The van der Waals surface area contributed by atoms with Gasteiger partial charge in [-0.3, -0.25) is 4.79 Å². The number of alkyl halides is 3. The van der Waals surface area contributed by atoms with Crippen LogP contribution in [0.4, 0.5) is 13.2 Å². The first-order valence-corrected chi connectivity index (χ1v) is 5.57. The van der Waals surface area contributed by atoms with Gasteiger partial charge in [0, 0.05) is 4.88 Å². The quantitative estimate of drug-likeness (QED) is 0.836. The van der Waals surface area contributed by atoms with Crippen molar-refractivity contribution in [3.05, 3.63) is 44.4 Å². The summed E-state index contributed by atoms with van der Waals surface area (Å²) in [7, 11) is 0. The van der Waals surface area contributed by atoms with Gasteiger partial charge in [0.25, 0.3) is 0 Å². The maximum absolute atomic E-state index is 12.5. The second kappa shape index (κ2) is 4.03. The van der Waals surface area contributed by atoms with Gasteiger partial charge in [-0.05, 0) is 24.6 Å². The van der Waals surface area contributed by atoms with E-state index in [0.717, 1.165) is 23.5 Å². The number of hydrogen-bond acceptors (Lipinski definition) is 2. The van der Waals surface area contributed by atoms with Gasteiger partial charge in [-0.15, -0.1) is 0 Å². The Balaban J connectivity index is 2.54. The minimum Gasteiger partial charge on any atom is -0.312 e. The molecule has 17 heavy (non-hydrogen) atoms. The number of aryl methyl sites for hydroxylation is 1. The lowest BCUT2D eigenvalue weighted by Crippen LogP contribution is -2.04. The minimum atomic E-state index is -4.37. The molecule has 1 aromatic heterocycles. The molecule has 1 aromatic carbocycles. The summed E-state index contributed by atoms with van der Waals surface area (Å²) >= 11 is 0.985. The zero-order valence-corrected chi connectivity index (χ0v) is 9.58. The van der Waals surface area contributed by atoms with Gasteiger partial charge in [0.2, 0.25) is 0 Å². The fraction of sp³-hybridized carbons (Fsp3) is 0.182. The van der Waals surface area contributed by atoms with Crippen LogP contribution < -0.4 is 4.87 Å². The van der Waals surface area contributed by atoms with Crippen LogP contribution in [0.5, 0.6) is 0 Å². The largest absolute Gasteiger partial charge is 0.416 e. The maximum atomic E-state index is 12.5. The van der Waals surface area contributed by atoms with Gasteiger partial charge in [0.05, 0.1) is 11.3 Å². The normalized spacial score (nSPS) is 11.8. The summed E-state index contributed by atoms with van der Waals surface area (Å²) in [5, 5.41) is 0. The third-order valence-electron chi connectivity index (χ3n) is 2.30. The van der Waals surface area contributed by atoms with Gasteiger partial charge in [-0.1, -0.05) is 23.5 Å². The predicted octanol–water partition coefficient (Wildman–Crippen LogP) is 3.43. The van der Waals surface area contributed by atoms with Crippen LogP contribution >= 0.6 is 11.3 Å². The molecule has 0 bridgehead atoms. The van der Waals surface area contributed by atoms with Crippen molar-refractivity contribution >= 4 is 11.3 Å². The lowest BCUT2D eigenvalue weighted by molar-refractivity contribution is -0.137. The Morgan fingerprint density at radius 1 is 1.29 bits per heavy atom. The van der Waals surface area contributed by atoms with Crippen molar-refractivity contribution in [2.75, 3.05) is 0 Å². The van der Waals surface area contributed by atoms with Gasteiger partial charge in [0.1, 0.15) is 0 Å². The van der Waals surface area contributed by atoms with E-state index < -0.39 is 11.7 Å². The van der Waals surface area contributed by atoms with Crippen LogP contribution in [0.25, 0.3) is 11.3 Å². The van der Waals surface area contributed by atoms with E-state index in [1.165, 1.54) is 6.07 Å². The van der Waals surface area contributed by atoms with Crippen LogP contribution in [-0.4, -0.2) is 4.98 Å². The average molecular weight is 259 g/mol. The molecule has 0 saturated carbocycles. The van der Waals surface area contributed by atoms with Crippen molar-refractivity contribution in [2.45, 2.75) is 13.1 Å². The van der Waals surface area contributed by atoms with Crippen molar-refractivity contribution in [2.24, 2.45) is 0 Å². The summed E-state index contributed by atoms with van der Waals surface area (Å²) in [5.74, 6) is 0. The lowest BCUT2D eigenvalue weighted by Gasteiger charge is -2.08. The molecule has 0 aliphatic rings. The van der Waals surface area contributed by atoms with Crippen molar-refractivity contribution in [3.63, 3.8) is 0 Å². The fourth-order valence-corrected chi connectivity index (χ4v) is 2.23. The van der Waals surface area contributed by atoms with Crippen LogP contribution in [0.3, 0.4) is 0 Å². The summed E-state index contributed by atoms with van der Waals surface area (Å²) in [6.07, 6.45) is -4.37. The van der Waals surface area contributed by atoms with Crippen LogP contribution in [0.15, 0.2) is 29.1 Å². The van der Waals surface area contributed by atoms with Gasteiger partial charge >= 0.3 is 11.0 Å². The standard InChI is InChI=1S/C11H8F3NOS/c1-6-9(15-10(16)17-6)7-3-2-4-8(5-7)11(12,13)14/h2-5H,1H3,(H,15,16). The van der Waals surface area contributed by atoms with Crippen LogP contribution in [0.2, 0.25) is 0 Å². The molecule has 0 radical (unpaired) electrons. The molecule has 0 aliphatic carbocycles. The number of rotatable bonds is 1. The second-order valence-corrected chi connectivity index (χ2v) is 4.71. The Hall–Kier alpha value is -1.56. The van der Waals surface area contributed by atoms with E-state index in [9.17, 15) is 18.0 Å². The zero-order valence-electron chi connectivity index (χ0n) is 8.76. The lowest BCUT2D eigenvalue weighted by atomic mass is 10.1. The molecule has 90 valence electrons. The fourth-order valence-electron chi connectivity index (χ4n) is 1.53. The first kappa shape index (κ1) is 11.9. The highest BCUT2D eigenvalue weighted by molar-refractivity contribution is 7.09. The summed E-state index contributed by atoms with van der Waals surface area (Å²) in [6.45, 7) is 1.69. The summed E-state index contributed by atoms with van der Waals surface area (Å²) in [4.78, 5) is 14.0. The first-order chi connectivity index (χ1) is 7.88. The monoisotopic (exact) mass is 259 g/mol. The summed E-state index contributed by atoms with van der Waals surface area (Å²) in [6, 6.07) is 4.90. The van der Waals surface area contributed by atoms with Crippen LogP contribution in [0, 0.1) is 6.92 Å². The van der Waals surface area contributed by atoms with E-state index in [-0.39, 0.29) is 4.87 Å². The molecular formula is C11H8F3NOS. The number of halogens is 3. The molecule has 0 saturated heterocycles. The number of H-pyrrole nitrogens is 1. The zero-order chi connectivity index (χ0) is 12.6. The van der Waals surface area contributed by atoms with E-state index in [1.807, 2.05) is 0 Å². The highest BCUT2D eigenvalue weighted by Gasteiger charge is 2.30. The highest BCUT2D eigenvalue weighted by atomic mass is 32.1. The minimum absolute atomic E-state index is 0.269. The molecular weight excluding hydrogens is 251 g/mol. The Labute approximate surface area is 98.7 Å². The molecule has 2 nitrogen and oxygen atoms in total. The number of aromatic nitrogens is 1. The van der Waals surface area contributed by atoms with E-state index in [4.69, 9.17) is 0 Å². The third kappa shape index (κ3) is 2.41. The molecule has 0 amide bonds. The van der Waals surface area contributed by atoms with Crippen molar-refractivity contribution in [1.82, 2.24) is 4.98 Å². The Bertz CT molecular complexity index is 597. The van der Waals surface area contributed by atoms with Crippen LogP contribution in [-0.2, 0) is 6.18 Å². The average Bonchev–Trinajstić information content (AvgIpc) is 2.57. The van der Waals surface area contributed by atoms with Crippen molar-refractivity contribution < 1.29 is 13.2 Å². The SMILES string of the molecule is Cc1sc(=O)[nH]c1-c1cccc(C(F)(F)F)c1.